The van der Waals surface area contributed by atoms with E-state index < -0.39 is 12.6 Å². The predicted molar refractivity (Wildman–Crippen MR) is 55.0 cm³/mol. The van der Waals surface area contributed by atoms with E-state index in [-0.39, 0.29) is 23.9 Å². The van der Waals surface area contributed by atoms with Crippen molar-refractivity contribution in [1.29, 1.82) is 0 Å². The van der Waals surface area contributed by atoms with Crippen molar-refractivity contribution in [2.45, 2.75) is 50.0 Å². The van der Waals surface area contributed by atoms with Gasteiger partial charge in [0, 0.05) is 12.8 Å². The third kappa shape index (κ3) is 5.44. The summed E-state index contributed by atoms with van der Waals surface area (Å²) in [4.78, 5) is 11.5. The summed E-state index contributed by atoms with van der Waals surface area (Å²) in [5, 5.41) is -0.0352. The number of alkyl halides is 3. The Bertz CT molecular complexity index is 209. The molecule has 0 aromatic rings. The van der Waals surface area contributed by atoms with E-state index in [9.17, 15) is 18.0 Å². The molecule has 0 aromatic heterocycles. The summed E-state index contributed by atoms with van der Waals surface area (Å²) in [5.74, 6) is 0.972. The quantitative estimate of drug-likeness (QED) is 0.747. The topological polar surface area (TPSA) is 17.1 Å². The molecular formula is C10H15F3OS. The van der Waals surface area contributed by atoms with Crippen LogP contribution in [0.4, 0.5) is 13.2 Å². The first kappa shape index (κ1) is 12.9. The molecule has 1 aliphatic heterocycles. The second kappa shape index (κ2) is 5.77. The average molecular weight is 240 g/mol. The first-order valence-electron chi connectivity index (χ1n) is 5.20. The monoisotopic (exact) mass is 240 g/mol. The molecule has 1 saturated heterocycles. The number of thioether (sulfide) groups is 1. The van der Waals surface area contributed by atoms with E-state index in [1.54, 1.807) is 11.8 Å². The van der Waals surface area contributed by atoms with Crippen LogP contribution in [0.1, 0.15) is 38.5 Å². The molecule has 0 N–H and O–H groups in total. The summed E-state index contributed by atoms with van der Waals surface area (Å²) in [6.07, 6.45) is -1.94. The number of Topliss-reactive ketones (excluding diaryl/α,β-unsaturated/α-hetero) is 1. The van der Waals surface area contributed by atoms with Crippen LogP contribution in [0.25, 0.3) is 0 Å². The Morgan fingerprint density at radius 3 is 2.60 bits per heavy atom. The summed E-state index contributed by atoms with van der Waals surface area (Å²) in [7, 11) is 0. The SMILES string of the molecule is O=C(CCCC(F)(F)F)C1CCCCS1. The fourth-order valence-corrected chi connectivity index (χ4v) is 2.91. The second-order valence-electron chi connectivity index (χ2n) is 3.79. The van der Waals surface area contributed by atoms with Gasteiger partial charge in [0.2, 0.25) is 0 Å². The highest BCUT2D eigenvalue weighted by molar-refractivity contribution is 8.00. The van der Waals surface area contributed by atoms with E-state index in [1.165, 1.54) is 0 Å². The Kier molecular flexibility index (Phi) is 4.96. The van der Waals surface area contributed by atoms with Crippen LogP contribution in [0.3, 0.4) is 0 Å². The van der Waals surface area contributed by atoms with Crippen LogP contribution in [0.15, 0.2) is 0 Å². The fraction of sp³-hybridized carbons (Fsp3) is 0.900. The number of halogens is 3. The van der Waals surface area contributed by atoms with Crippen LogP contribution in [-0.4, -0.2) is 23.0 Å². The van der Waals surface area contributed by atoms with Gasteiger partial charge in [-0.15, -0.1) is 0 Å². The van der Waals surface area contributed by atoms with Gasteiger partial charge in [0.05, 0.1) is 5.25 Å². The number of hydrogen-bond donors (Lipinski definition) is 0. The number of rotatable bonds is 4. The molecule has 15 heavy (non-hydrogen) atoms. The van der Waals surface area contributed by atoms with Crippen molar-refractivity contribution in [1.82, 2.24) is 0 Å². The van der Waals surface area contributed by atoms with Crippen molar-refractivity contribution in [3.05, 3.63) is 0 Å². The van der Waals surface area contributed by atoms with Gasteiger partial charge in [0.25, 0.3) is 0 Å². The van der Waals surface area contributed by atoms with Gasteiger partial charge in [0.15, 0.2) is 0 Å². The van der Waals surface area contributed by atoms with E-state index in [0.717, 1.165) is 25.0 Å². The van der Waals surface area contributed by atoms with Crippen molar-refractivity contribution in [3.8, 4) is 0 Å². The number of ketones is 1. The maximum absolute atomic E-state index is 11.8. The number of carbonyl (C=O) groups excluding carboxylic acids is 1. The Morgan fingerprint density at radius 1 is 1.33 bits per heavy atom. The zero-order valence-corrected chi connectivity index (χ0v) is 9.29. The Labute approximate surface area is 91.8 Å². The van der Waals surface area contributed by atoms with Crippen LogP contribution in [-0.2, 0) is 4.79 Å². The lowest BCUT2D eigenvalue weighted by atomic mass is 10.1. The molecule has 0 aromatic carbocycles. The largest absolute Gasteiger partial charge is 0.389 e. The molecule has 1 nitrogen and oxygen atoms in total. The first-order valence-corrected chi connectivity index (χ1v) is 6.25. The molecular weight excluding hydrogens is 225 g/mol. The maximum Gasteiger partial charge on any atom is 0.389 e. The summed E-state index contributed by atoms with van der Waals surface area (Å²) in [6, 6.07) is 0. The number of hydrogen-bond acceptors (Lipinski definition) is 2. The summed E-state index contributed by atoms with van der Waals surface area (Å²) < 4.78 is 35.5. The zero-order chi connectivity index (χ0) is 11.3. The van der Waals surface area contributed by atoms with Crippen molar-refractivity contribution in [3.63, 3.8) is 0 Å². The van der Waals surface area contributed by atoms with E-state index in [4.69, 9.17) is 0 Å². The standard InChI is InChI=1S/C10H15F3OS/c11-10(12,13)6-3-4-8(14)9-5-1-2-7-15-9/h9H,1-7H2. The molecule has 0 spiro atoms. The molecule has 1 aliphatic rings. The molecule has 1 fully saturated rings. The molecule has 5 heteroatoms. The van der Waals surface area contributed by atoms with E-state index in [2.05, 4.69) is 0 Å². The fourth-order valence-electron chi connectivity index (χ4n) is 1.62. The summed E-state index contributed by atoms with van der Waals surface area (Å²) in [5.41, 5.74) is 0. The highest BCUT2D eigenvalue weighted by Crippen LogP contribution is 2.28. The van der Waals surface area contributed by atoms with E-state index >= 15 is 0 Å². The van der Waals surface area contributed by atoms with Crippen molar-refractivity contribution >= 4 is 17.5 Å². The third-order valence-electron chi connectivity index (χ3n) is 2.42. The van der Waals surface area contributed by atoms with Crippen LogP contribution < -0.4 is 0 Å². The van der Waals surface area contributed by atoms with E-state index in [1.807, 2.05) is 0 Å². The van der Waals surface area contributed by atoms with Crippen LogP contribution >= 0.6 is 11.8 Å². The van der Waals surface area contributed by atoms with Gasteiger partial charge in [-0.2, -0.15) is 24.9 Å². The van der Waals surface area contributed by atoms with Crippen LogP contribution in [0.5, 0.6) is 0 Å². The molecule has 1 rings (SSSR count). The predicted octanol–water partition coefficient (Wildman–Crippen LogP) is 3.57. The molecule has 0 bridgehead atoms. The zero-order valence-electron chi connectivity index (χ0n) is 8.48. The molecule has 1 heterocycles. The maximum atomic E-state index is 11.8. The molecule has 0 amide bonds. The molecule has 0 saturated carbocycles. The highest BCUT2D eigenvalue weighted by Gasteiger charge is 2.28. The van der Waals surface area contributed by atoms with Gasteiger partial charge < -0.3 is 0 Å². The molecule has 1 unspecified atom stereocenters. The normalized spacial score (nSPS) is 22.7. The molecule has 0 aliphatic carbocycles. The van der Waals surface area contributed by atoms with Crippen molar-refractivity contribution < 1.29 is 18.0 Å². The lowest BCUT2D eigenvalue weighted by molar-refractivity contribution is -0.137. The minimum Gasteiger partial charge on any atom is -0.298 e. The van der Waals surface area contributed by atoms with Crippen molar-refractivity contribution in [2.75, 3.05) is 5.75 Å². The van der Waals surface area contributed by atoms with Crippen molar-refractivity contribution in [2.24, 2.45) is 0 Å². The second-order valence-corrected chi connectivity index (χ2v) is 5.10. The average Bonchev–Trinajstić information content (AvgIpc) is 2.17. The summed E-state index contributed by atoms with van der Waals surface area (Å²) in [6.45, 7) is 0. The minimum absolute atomic E-state index is 0.00366. The molecule has 88 valence electrons. The highest BCUT2D eigenvalue weighted by atomic mass is 32.2. The molecule has 1 atom stereocenters. The lowest BCUT2D eigenvalue weighted by Gasteiger charge is -2.19. The van der Waals surface area contributed by atoms with Crippen LogP contribution in [0.2, 0.25) is 0 Å². The van der Waals surface area contributed by atoms with Gasteiger partial charge in [-0.1, -0.05) is 6.42 Å². The third-order valence-corrected chi connectivity index (χ3v) is 3.85. The summed E-state index contributed by atoms with van der Waals surface area (Å²) >= 11 is 1.60. The van der Waals surface area contributed by atoms with Gasteiger partial charge in [-0.25, -0.2) is 0 Å². The van der Waals surface area contributed by atoms with E-state index in [0.29, 0.717) is 0 Å². The number of carbonyl (C=O) groups is 1. The van der Waals surface area contributed by atoms with Gasteiger partial charge in [-0.3, -0.25) is 4.79 Å². The minimum atomic E-state index is -4.13. The Balaban J connectivity index is 2.17. The van der Waals surface area contributed by atoms with Gasteiger partial charge in [0.1, 0.15) is 5.78 Å². The lowest BCUT2D eigenvalue weighted by Crippen LogP contribution is -2.21. The smallest absolute Gasteiger partial charge is 0.298 e. The molecule has 0 radical (unpaired) electrons. The van der Waals surface area contributed by atoms with Gasteiger partial charge >= 0.3 is 6.18 Å². The Morgan fingerprint density at radius 2 is 2.07 bits per heavy atom. The van der Waals surface area contributed by atoms with Crippen LogP contribution in [0, 0.1) is 0 Å². The first-order chi connectivity index (χ1) is 6.99. The Hall–Kier alpha value is -0.190. The van der Waals surface area contributed by atoms with Gasteiger partial charge in [-0.05, 0) is 25.0 Å².